The molecule has 18 heteroatoms. The van der Waals surface area contributed by atoms with Gasteiger partial charge in [0.15, 0.2) is 5.13 Å². The van der Waals surface area contributed by atoms with Gasteiger partial charge in [-0.1, -0.05) is 60.7 Å². The van der Waals surface area contributed by atoms with E-state index in [0.717, 1.165) is 65.6 Å². The standard InChI is InChI=1S/C51H54N8O9S/c1-51(17-16-42(60)54-49(51)65)59-47(63)39-8-5-9-41(43(39)48(59)64)52-18-25-66-27-29-68-30-28-67-26-24-56-20-22-57(23-21-56)38-14-12-34(13-15-38)36-10-11-37-33-58(46(62)40(37)32-36)44(35-6-3-2-4-7-35)45(61)55-50-53-19-31-69-50/h2-15,19,31-32,44,52H,16-18,20-30,33H2,1H3,(H,53,55,61)(H,54,60,65)/t44?,51-/m0/s1. The number of carbonyl (C=O) groups excluding carboxylic acids is 6. The third-order valence-corrected chi connectivity index (χ3v) is 13.8. The Labute approximate surface area is 403 Å². The van der Waals surface area contributed by atoms with Crippen LogP contribution in [0.1, 0.15) is 68.0 Å². The van der Waals surface area contributed by atoms with Gasteiger partial charge in [-0.3, -0.25) is 49.2 Å². The third-order valence-electron chi connectivity index (χ3n) is 13.1. The first kappa shape index (κ1) is 47.2. The van der Waals surface area contributed by atoms with Crippen LogP contribution in [-0.2, 0) is 35.1 Å². The van der Waals surface area contributed by atoms with Gasteiger partial charge in [0.05, 0.1) is 50.8 Å². The molecule has 4 aliphatic rings. The van der Waals surface area contributed by atoms with Crippen molar-refractivity contribution in [2.45, 2.75) is 37.9 Å². The number of ether oxygens (including phenoxy) is 3. The molecule has 69 heavy (non-hydrogen) atoms. The highest BCUT2D eigenvalue weighted by Gasteiger charge is 2.53. The highest BCUT2D eigenvalue weighted by molar-refractivity contribution is 7.13. The Balaban J connectivity index is 0.647. The summed E-state index contributed by atoms with van der Waals surface area (Å²) in [6.45, 7) is 9.33. The van der Waals surface area contributed by atoms with Crippen molar-refractivity contribution in [2.24, 2.45) is 0 Å². The number of piperidine rings is 1. The van der Waals surface area contributed by atoms with Gasteiger partial charge in [-0.2, -0.15) is 0 Å². The largest absolute Gasteiger partial charge is 0.382 e. The van der Waals surface area contributed by atoms with Crippen molar-refractivity contribution < 1.29 is 43.0 Å². The first-order valence-electron chi connectivity index (χ1n) is 23.2. The van der Waals surface area contributed by atoms with Gasteiger partial charge in [0.1, 0.15) is 11.6 Å². The highest BCUT2D eigenvalue weighted by atomic mass is 32.1. The van der Waals surface area contributed by atoms with Crippen LogP contribution in [-0.4, -0.2) is 140 Å². The predicted molar refractivity (Wildman–Crippen MR) is 259 cm³/mol. The smallest absolute Gasteiger partial charge is 0.264 e. The molecular formula is C51H54N8O9S. The third kappa shape index (κ3) is 10.3. The van der Waals surface area contributed by atoms with Crippen LogP contribution in [0.25, 0.3) is 11.1 Å². The van der Waals surface area contributed by atoms with Crippen LogP contribution in [0.2, 0.25) is 0 Å². The van der Waals surface area contributed by atoms with E-state index in [1.165, 1.54) is 18.3 Å². The van der Waals surface area contributed by atoms with Gasteiger partial charge in [-0.15, -0.1) is 11.3 Å². The lowest BCUT2D eigenvalue weighted by Crippen LogP contribution is -2.62. The molecule has 1 unspecified atom stereocenters. The summed E-state index contributed by atoms with van der Waals surface area (Å²) in [6, 6.07) is 28.0. The Hall–Kier alpha value is -6.83. The average Bonchev–Trinajstić information content (AvgIpc) is 4.07. The van der Waals surface area contributed by atoms with Crippen molar-refractivity contribution in [3.8, 4) is 11.1 Å². The molecule has 1 aromatic heterocycles. The molecule has 6 amide bonds. The summed E-state index contributed by atoms with van der Waals surface area (Å²) in [5.41, 5.74) is 4.77. The fourth-order valence-electron chi connectivity index (χ4n) is 9.26. The molecule has 3 N–H and O–H groups in total. The Bertz CT molecular complexity index is 2700. The molecule has 9 rings (SSSR count). The van der Waals surface area contributed by atoms with Gasteiger partial charge in [-0.05, 0) is 65.9 Å². The molecule has 2 atom stereocenters. The van der Waals surface area contributed by atoms with E-state index in [0.29, 0.717) is 69.1 Å². The second-order valence-corrected chi connectivity index (χ2v) is 18.3. The van der Waals surface area contributed by atoms with Gasteiger partial charge < -0.3 is 29.3 Å². The maximum absolute atomic E-state index is 14.0. The van der Waals surface area contributed by atoms with Gasteiger partial charge >= 0.3 is 0 Å². The molecule has 4 aromatic carbocycles. The lowest BCUT2D eigenvalue weighted by atomic mass is 9.89. The van der Waals surface area contributed by atoms with Crippen LogP contribution in [0.4, 0.5) is 16.5 Å². The number of amides is 6. The van der Waals surface area contributed by atoms with E-state index in [9.17, 15) is 28.8 Å². The molecule has 0 spiro atoms. The fourth-order valence-corrected chi connectivity index (χ4v) is 9.79. The highest BCUT2D eigenvalue weighted by Crippen LogP contribution is 2.38. The maximum atomic E-state index is 14.0. The van der Waals surface area contributed by atoms with Gasteiger partial charge in [-0.25, -0.2) is 4.98 Å². The summed E-state index contributed by atoms with van der Waals surface area (Å²) >= 11 is 1.33. The van der Waals surface area contributed by atoms with Crippen molar-refractivity contribution in [2.75, 3.05) is 94.4 Å². The summed E-state index contributed by atoms with van der Waals surface area (Å²) < 4.78 is 17.2. The van der Waals surface area contributed by atoms with E-state index >= 15 is 0 Å². The zero-order valence-corrected chi connectivity index (χ0v) is 39.1. The Morgan fingerprint density at radius 2 is 1.51 bits per heavy atom. The Morgan fingerprint density at radius 1 is 0.783 bits per heavy atom. The van der Waals surface area contributed by atoms with Crippen LogP contribution in [0.3, 0.4) is 0 Å². The molecule has 5 aromatic rings. The van der Waals surface area contributed by atoms with Crippen molar-refractivity contribution in [1.29, 1.82) is 0 Å². The zero-order chi connectivity index (χ0) is 47.9. The molecule has 17 nitrogen and oxygen atoms in total. The van der Waals surface area contributed by atoms with E-state index in [2.05, 4.69) is 55.0 Å². The minimum Gasteiger partial charge on any atom is -0.382 e. The molecule has 0 bridgehead atoms. The monoisotopic (exact) mass is 954 g/mol. The van der Waals surface area contributed by atoms with E-state index in [4.69, 9.17) is 14.2 Å². The number of fused-ring (bicyclic) bond motifs is 2. The minimum absolute atomic E-state index is 0.0406. The van der Waals surface area contributed by atoms with E-state index in [1.54, 1.807) is 34.7 Å². The number of nitrogens with one attached hydrogen (secondary N) is 3. The van der Waals surface area contributed by atoms with Crippen LogP contribution in [0.15, 0.2) is 103 Å². The summed E-state index contributed by atoms with van der Waals surface area (Å²) in [5, 5.41) is 10.6. The number of hydrogen-bond donors (Lipinski definition) is 3. The molecule has 0 radical (unpaired) electrons. The summed E-state index contributed by atoms with van der Waals surface area (Å²) in [4.78, 5) is 90.3. The Kier molecular flexibility index (Phi) is 14.5. The van der Waals surface area contributed by atoms with Crippen LogP contribution in [0.5, 0.6) is 0 Å². The molecule has 358 valence electrons. The number of nitrogens with zero attached hydrogens (tertiary/aromatic N) is 5. The summed E-state index contributed by atoms with van der Waals surface area (Å²) in [6.07, 6.45) is 1.74. The van der Waals surface area contributed by atoms with Gasteiger partial charge in [0, 0.05) is 80.7 Å². The topological polar surface area (TPSA) is 192 Å². The molecule has 0 aliphatic carbocycles. The van der Waals surface area contributed by atoms with E-state index < -0.39 is 35.2 Å². The quantitative estimate of drug-likeness (QED) is 0.0681. The van der Waals surface area contributed by atoms with E-state index in [1.807, 2.05) is 48.5 Å². The number of piperazine rings is 1. The lowest BCUT2D eigenvalue weighted by molar-refractivity contribution is -0.141. The molecule has 2 saturated heterocycles. The number of aromatic nitrogens is 1. The van der Waals surface area contributed by atoms with E-state index in [-0.39, 0.29) is 35.8 Å². The average molecular weight is 955 g/mol. The number of anilines is 3. The molecule has 4 aliphatic heterocycles. The van der Waals surface area contributed by atoms with Crippen molar-refractivity contribution >= 4 is 63.3 Å². The van der Waals surface area contributed by atoms with Crippen molar-refractivity contribution in [1.82, 2.24) is 25.0 Å². The second kappa shape index (κ2) is 21.2. The van der Waals surface area contributed by atoms with Crippen molar-refractivity contribution in [3.63, 3.8) is 0 Å². The number of benzene rings is 4. The van der Waals surface area contributed by atoms with Gasteiger partial charge in [0.25, 0.3) is 29.5 Å². The molecule has 2 fully saturated rings. The number of rotatable bonds is 20. The summed E-state index contributed by atoms with van der Waals surface area (Å²) in [7, 11) is 0. The minimum atomic E-state index is -1.45. The first-order valence-corrected chi connectivity index (χ1v) is 24.1. The van der Waals surface area contributed by atoms with Crippen LogP contribution < -0.4 is 20.9 Å². The van der Waals surface area contributed by atoms with Crippen LogP contribution >= 0.6 is 11.3 Å². The SMILES string of the molecule is C[C@]1(N2C(=O)c3cccc(NCCOCCOCCOCCN4CCN(c5ccc(-c6ccc7c(c6)C(=O)N(C(C(=O)Nc6nccs6)c6ccccc6)C7)cc5)CC4)c3C2=O)CCC(=O)NC1=O. The molecule has 5 heterocycles. The number of imide groups is 2. The lowest BCUT2D eigenvalue weighted by Gasteiger charge is -2.38. The fraction of sp³-hybridized carbons (Fsp3) is 0.353. The number of hydrogen-bond acceptors (Lipinski definition) is 14. The Morgan fingerprint density at radius 3 is 2.23 bits per heavy atom. The van der Waals surface area contributed by atoms with Crippen LogP contribution in [0, 0.1) is 0 Å². The zero-order valence-electron chi connectivity index (χ0n) is 38.3. The second-order valence-electron chi connectivity index (χ2n) is 17.4. The molecule has 0 saturated carbocycles. The maximum Gasteiger partial charge on any atom is 0.264 e. The van der Waals surface area contributed by atoms with Crippen molar-refractivity contribution in [3.05, 3.63) is 130 Å². The first-order chi connectivity index (χ1) is 33.6. The molecular weight excluding hydrogens is 901 g/mol. The number of thiazole rings is 1. The summed E-state index contributed by atoms with van der Waals surface area (Å²) in [5.74, 6) is -2.69. The normalized spacial score (nSPS) is 18.6. The predicted octanol–water partition coefficient (Wildman–Crippen LogP) is 5.22. The van der Waals surface area contributed by atoms with Gasteiger partial charge in [0.2, 0.25) is 5.91 Å². The number of carbonyl (C=O) groups is 6.